The number of hydrogen-bond donors (Lipinski definition) is 0. The number of benzene rings is 1. The van der Waals surface area contributed by atoms with Crippen molar-refractivity contribution in [1.82, 2.24) is 19.7 Å². The predicted molar refractivity (Wildman–Crippen MR) is 119 cm³/mol. The molecule has 7 nitrogen and oxygen atoms in total. The lowest BCUT2D eigenvalue weighted by Crippen LogP contribution is -2.36. The fourth-order valence-electron chi connectivity index (χ4n) is 4.75. The van der Waals surface area contributed by atoms with Crippen LogP contribution in [0.25, 0.3) is 5.95 Å². The van der Waals surface area contributed by atoms with Gasteiger partial charge < -0.3 is 9.64 Å². The van der Waals surface area contributed by atoms with Crippen LogP contribution >= 0.6 is 0 Å². The van der Waals surface area contributed by atoms with Crippen molar-refractivity contribution in [3.8, 4) is 5.95 Å². The molecule has 2 aliphatic rings. The second-order valence-electron chi connectivity index (χ2n) is 8.51. The summed E-state index contributed by atoms with van der Waals surface area (Å²) in [5.41, 5.74) is 6.71. The second kappa shape index (κ2) is 8.23. The SMILES string of the molecule is Cc1ccc(C2CCc3c(cnn(-c4ncc(N5CCOCC5)cn4)c3=O)C2)c(C)c1. The lowest BCUT2D eigenvalue weighted by Gasteiger charge is -2.28. The fourth-order valence-corrected chi connectivity index (χ4v) is 4.75. The topological polar surface area (TPSA) is 73.1 Å². The second-order valence-corrected chi connectivity index (χ2v) is 8.51. The van der Waals surface area contributed by atoms with Gasteiger partial charge >= 0.3 is 0 Å². The minimum Gasteiger partial charge on any atom is -0.378 e. The maximum Gasteiger partial charge on any atom is 0.277 e. The minimum atomic E-state index is -0.101. The number of nitrogens with zero attached hydrogens (tertiary/aromatic N) is 5. The lowest BCUT2D eigenvalue weighted by molar-refractivity contribution is 0.122. The molecule has 1 saturated heterocycles. The Kier molecular flexibility index (Phi) is 5.28. The number of rotatable bonds is 3. The van der Waals surface area contributed by atoms with Crippen LogP contribution in [0.3, 0.4) is 0 Å². The summed E-state index contributed by atoms with van der Waals surface area (Å²) in [6.45, 7) is 7.34. The Balaban J connectivity index is 1.39. The normalized spacial score (nSPS) is 18.6. The van der Waals surface area contributed by atoms with Gasteiger partial charge in [0, 0.05) is 18.7 Å². The van der Waals surface area contributed by atoms with Gasteiger partial charge in [0.05, 0.1) is 37.5 Å². The Hall–Kier alpha value is -3.06. The Bertz CT molecular complexity index is 1150. The van der Waals surface area contributed by atoms with Gasteiger partial charge in [-0.3, -0.25) is 4.79 Å². The van der Waals surface area contributed by atoms with E-state index in [1.165, 1.54) is 21.4 Å². The van der Waals surface area contributed by atoms with Gasteiger partial charge in [-0.25, -0.2) is 9.97 Å². The van der Waals surface area contributed by atoms with Crippen molar-refractivity contribution in [1.29, 1.82) is 0 Å². The molecule has 1 atom stereocenters. The summed E-state index contributed by atoms with van der Waals surface area (Å²) in [7, 11) is 0. The molecule has 3 heterocycles. The van der Waals surface area contributed by atoms with E-state index in [2.05, 4.69) is 52.0 Å². The summed E-state index contributed by atoms with van der Waals surface area (Å²) < 4.78 is 6.73. The Labute approximate surface area is 181 Å². The van der Waals surface area contributed by atoms with Crippen molar-refractivity contribution in [2.24, 2.45) is 0 Å². The Morgan fingerprint density at radius 1 is 1.06 bits per heavy atom. The first-order valence-electron chi connectivity index (χ1n) is 10.9. The van der Waals surface area contributed by atoms with Crippen LogP contribution in [0.2, 0.25) is 0 Å². The molecule has 160 valence electrons. The van der Waals surface area contributed by atoms with Crippen LogP contribution in [0.15, 0.2) is 41.6 Å². The minimum absolute atomic E-state index is 0.101. The molecule has 0 radical (unpaired) electrons. The van der Waals surface area contributed by atoms with E-state index in [1.807, 2.05) is 6.20 Å². The quantitative estimate of drug-likeness (QED) is 0.653. The van der Waals surface area contributed by atoms with Gasteiger partial charge in [0.1, 0.15) is 0 Å². The molecular formula is C24H27N5O2. The van der Waals surface area contributed by atoms with Crippen LogP contribution in [0.1, 0.15) is 40.2 Å². The van der Waals surface area contributed by atoms with E-state index in [-0.39, 0.29) is 5.56 Å². The maximum atomic E-state index is 13.1. The van der Waals surface area contributed by atoms with Gasteiger partial charge in [0.15, 0.2) is 0 Å². The Morgan fingerprint density at radius 3 is 2.58 bits per heavy atom. The van der Waals surface area contributed by atoms with Crippen molar-refractivity contribution >= 4 is 5.69 Å². The molecular weight excluding hydrogens is 390 g/mol. The molecule has 3 aromatic rings. The van der Waals surface area contributed by atoms with E-state index in [9.17, 15) is 4.79 Å². The summed E-state index contributed by atoms with van der Waals surface area (Å²) in [5, 5.41) is 4.41. The predicted octanol–water partition coefficient (Wildman–Crippen LogP) is 2.75. The van der Waals surface area contributed by atoms with E-state index in [0.29, 0.717) is 25.1 Å². The first-order chi connectivity index (χ1) is 15.1. The van der Waals surface area contributed by atoms with Crippen molar-refractivity contribution in [2.45, 2.75) is 39.0 Å². The molecule has 0 bridgehead atoms. The average Bonchev–Trinajstić information content (AvgIpc) is 2.80. The number of ether oxygens (including phenoxy) is 1. The standard InChI is InChI=1S/C24H27N5O2/c1-16-3-5-21(17(2)11-16)18-4-6-22-19(12-18)13-27-29(23(22)30)24-25-14-20(15-26-24)28-7-9-31-10-8-28/h3,5,11,13-15,18H,4,6-10,12H2,1-2H3. The molecule has 5 rings (SSSR count). The van der Waals surface area contributed by atoms with Gasteiger partial charge in [0.25, 0.3) is 11.5 Å². The van der Waals surface area contributed by atoms with Crippen LogP contribution < -0.4 is 10.5 Å². The fraction of sp³-hybridized carbons (Fsp3) is 0.417. The number of anilines is 1. The van der Waals surface area contributed by atoms with Gasteiger partial charge in [-0.2, -0.15) is 9.78 Å². The van der Waals surface area contributed by atoms with Crippen LogP contribution in [-0.4, -0.2) is 46.1 Å². The number of hydrogen-bond acceptors (Lipinski definition) is 6. The number of aryl methyl sites for hydroxylation is 2. The highest BCUT2D eigenvalue weighted by molar-refractivity contribution is 5.43. The van der Waals surface area contributed by atoms with E-state index in [1.54, 1.807) is 12.4 Å². The molecule has 2 aromatic heterocycles. The summed E-state index contributed by atoms with van der Waals surface area (Å²) in [5.74, 6) is 0.746. The zero-order valence-electron chi connectivity index (χ0n) is 18.0. The molecule has 0 amide bonds. The summed E-state index contributed by atoms with van der Waals surface area (Å²) >= 11 is 0. The van der Waals surface area contributed by atoms with E-state index in [0.717, 1.165) is 49.2 Å². The third-order valence-electron chi connectivity index (χ3n) is 6.43. The van der Waals surface area contributed by atoms with Crippen LogP contribution in [0, 0.1) is 13.8 Å². The van der Waals surface area contributed by atoms with E-state index in [4.69, 9.17) is 4.74 Å². The van der Waals surface area contributed by atoms with Crippen LogP contribution in [0.4, 0.5) is 5.69 Å². The third kappa shape index (κ3) is 3.85. The largest absolute Gasteiger partial charge is 0.378 e. The highest BCUT2D eigenvalue weighted by Crippen LogP contribution is 2.33. The van der Waals surface area contributed by atoms with Crippen LogP contribution in [-0.2, 0) is 17.6 Å². The molecule has 1 fully saturated rings. The molecule has 1 unspecified atom stereocenters. The molecule has 1 aliphatic carbocycles. The van der Waals surface area contributed by atoms with Gasteiger partial charge in [0.2, 0.25) is 0 Å². The number of fused-ring (bicyclic) bond motifs is 1. The van der Waals surface area contributed by atoms with Gasteiger partial charge in [-0.15, -0.1) is 0 Å². The first kappa shape index (κ1) is 19.9. The average molecular weight is 418 g/mol. The van der Waals surface area contributed by atoms with Crippen molar-refractivity contribution < 1.29 is 4.74 Å². The van der Waals surface area contributed by atoms with Gasteiger partial charge in [-0.05, 0) is 55.7 Å². The molecule has 31 heavy (non-hydrogen) atoms. The summed E-state index contributed by atoms with van der Waals surface area (Å²) in [6, 6.07) is 6.64. The zero-order chi connectivity index (χ0) is 21.4. The maximum absolute atomic E-state index is 13.1. The van der Waals surface area contributed by atoms with Crippen molar-refractivity contribution in [2.75, 3.05) is 31.2 Å². The summed E-state index contributed by atoms with van der Waals surface area (Å²) in [6.07, 6.45) is 7.91. The highest BCUT2D eigenvalue weighted by Gasteiger charge is 2.25. The molecule has 0 N–H and O–H groups in total. The van der Waals surface area contributed by atoms with Gasteiger partial charge in [-0.1, -0.05) is 23.8 Å². The first-order valence-corrected chi connectivity index (χ1v) is 10.9. The smallest absolute Gasteiger partial charge is 0.277 e. The number of aromatic nitrogens is 4. The molecule has 7 heteroatoms. The number of morpholine rings is 1. The van der Waals surface area contributed by atoms with E-state index < -0.39 is 0 Å². The monoisotopic (exact) mass is 417 g/mol. The highest BCUT2D eigenvalue weighted by atomic mass is 16.5. The van der Waals surface area contributed by atoms with Crippen molar-refractivity contribution in [3.05, 3.63) is 75.0 Å². The molecule has 1 aromatic carbocycles. The van der Waals surface area contributed by atoms with Crippen LogP contribution in [0.5, 0.6) is 0 Å². The zero-order valence-corrected chi connectivity index (χ0v) is 18.0. The third-order valence-corrected chi connectivity index (χ3v) is 6.43. The van der Waals surface area contributed by atoms with Crippen molar-refractivity contribution in [3.63, 3.8) is 0 Å². The lowest BCUT2D eigenvalue weighted by atomic mass is 9.79. The summed E-state index contributed by atoms with van der Waals surface area (Å²) in [4.78, 5) is 24.2. The molecule has 1 aliphatic heterocycles. The molecule has 0 saturated carbocycles. The Morgan fingerprint density at radius 2 is 1.84 bits per heavy atom. The molecule has 0 spiro atoms. The van der Waals surface area contributed by atoms with E-state index >= 15 is 0 Å².